The number of alkyl halides is 1. The van der Waals surface area contributed by atoms with Crippen LogP contribution in [0.3, 0.4) is 0 Å². The Morgan fingerprint density at radius 3 is 2.67 bits per heavy atom. The van der Waals surface area contributed by atoms with Crippen molar-refractivity contribution in [1.29, 1.82) is 0 Å². The fourth-order valence-electron chi connectivity index (χ4n) is 1.57. The van der Waals surface area contributed by atoms with Crippen molar-refractivity contribution in [3.63, 3.8) is 0 Å². The van der Waals surface area contributed by atoms with E-state index in [4.69, 9.17) is 4.74 Å². The van der Waals surface area contributed by atoms with Crippen molar-refractivity contribution in [2.75, 3.05) is 27.3 Å². The van der Waals surface area contributed by atoms with Gasteiger partial charge in [0.15, 0.2) is 0 Å². The summed E-state index contributed by atoms with van der Waals surface area (Å²) in [6.07, 6.45) is 0. The third kappa shape index (κ3) is 4.05. The molecule has 0 saturated carbocycles. The fourth-order valence-corrected chi connectivity index (χ4v) is 3.78. The summed E-state index contributed by atoms with van der Waals surface area (Å²) >= 11 is 3.39. The summed E-state index contributed by atoms with van der Waals surface area (Å²) in [6.45, 7) is 2.70. The van der Waals surface area contributed by atoms with Crippen molar-refractivity contribution in [2.45, 2.75) is 16.6 Å². The number of rotatable bonds is 6. The molecule has 0 radical (unpaired) electrons. The molecule has 4 nitrogen and oxygen atoms in total. The van der Waals surface area contributed by atoms with E-state index in [1.165, 1.54) is 4.31 Å². The highest BCUT2D eigenvalue weighted by Crippen LogP contribution is 2.17. The monoisotopic (exact) mass is 335 g/mol. The SMILES string of the molecule is COCC(Br)CN(C)S(=O)(=O)c1cccc(C)c1. The summed E-state index contributed by atoms with van der Waals surface area (Å²) in [5, 5.41) is 0. The third-order valence-corrected chi connectivity index (χ3v) is 4.87. The van der Waals surface area contributed by atoms with Crippen LogP contribution in [-0.4, -0.2) is 44.9 Å². The maximum Gasteiger partial charge on any atom is 0.242 e. The van der Waals surface area contributed by atoms with Crippen LogP contribution in [0.4, 0.5) is 0 Å². The molecule has 1 aromatic carbocycles. The van der Waals surface area contributed by atoms with Crippen LogP contribution in [0.2, 0.25) is 0 Å². The number of hydrogen-bond acceptors (Lipinski definition) is 3. The van der Waals surface area contributed by atoms with Crippen LogP contribution < -0.4 is 0 Å². The Labute approximate surface area is 117 Å². The summed E-state index contributed by atoms with van der Waals surface area (Å²) in [7, 11) is -0.269. The quantitative estimate of drug-likeness (QED) is 0.747. The van der Waals surface area contributed by atoms with E-state index < -0.39 is 10.0 Å². The van der Waals surface area contributed by atoms with Crippen molar-refractivity contribution in [2.24, 2.45) is 0 Å². The van der Waals surface area contributed by atoms with Crippen molar-refractivity contribution >= 4 is 26.0 Å². The Balaban J connectivity index is 2.86. The minimum Gasteiger partial charge on any atom is -0.383 e. The molecule has 0 aliphatic heterocycles. The standard InChI is InChI=1S/C12H18BrNO3S/c1-10-5-4-6-12(7-10)18(15,16)14(2)8-11(13)9-17-3/h4-7,11H,8-9H2,1-3H3. The number of halogens is 1. The first-order chi connectivity index (χ1) is 8.37. The fraction of sp³-hybridized carbons (Fsp3) is 0.500. The lowest BCUT2D eigenvalue weighted by atomic mass is 10.2. The molecule has 0 aliphatic carbocycles. The molecular weight excluding hydrogens is 318 g/mol. The second kappa shape index (κ2) is 6.65. The van der Waals surface area contributed by atoms with Crippen LogP contribution in [-0.2, 0) is 14.8 Å². The number of sulfonamides is 1. The number of ether oxygens (including phenoxy) is 1. The number of benzene rings is 1. The molecule has 1 rings (SSSR count). The first kappa shape index (κ1) is 15.6. The molecule has 0 fully saturated rings. The van der Waals surface area contributed by atoms with Gasteiger partial charge in [0.05, 0.1) is 16.3 Å². The minimum atomic E-state index is -3.43. The Morgan fingerprint density at radius 2 is 2.11 bits per heavy atom. The van der Waals surface area contributed by atoms with E-state index in [2.05, 4.69) is 15.9 Å². The number of hydrogen-bond donors (Lipinski definition) is 0. The molecule has 0 saturated heterocycles. The van der Waals surface area contributed by atoms with Crippen LogP contribution >= 0.6 is 15.9 Å². The first-order valence-corrected chi connectivity index (χ1v) is 7.89. The molecule has 0 N–H and O–H groups in total. The molecule has 0 aliphatic rings. The number of aryl methyl sites for hydroxylation is 1. The van der Waals surface area contributed by atoms with Crippen LogP contribution in [0.15, 0.2) is 29.2 Å². The molecule has 0 bridgehead atoms. The van der Waals surface area contributed by atoms with Gasteiger partial charge < -0.3 is 4.74 Å². The van der Waals surface area contributed by atoms with Gasteiger partial charge in [-0.2, -0.15) is 4.31 Å². The predicted molar refractivity (Wildman–Crippen MR) is 75.6 cm³/mol. The highest BCUT2D eigenvalue weighted by molar-refractivity contribution is 9.09. The first-order valence-electron chi connectivity index (χ1n) is 5.54. The number of nitrogens with zero attached hydrogens (tertiary/aromatic N) is 1. The predicted octanol–water partition coefficient (Wildman–Crippen LogP) is 2.03. The molecule has 18 heavy (non-hydrogen) atoms. The van der Waals surface area contributed by atoms with E-state index in [0.29, 0.717) is 18.0 Å². The molecule has 1 aromatic rings. The minimum absolute atomic E-state index is 0.0212. The maximum absolute atomic E-state index is 12.3. The van der Waals surface area contributed by atoms with Crippen LogP contribution in [0.25, 0.3) is 0 Å². The lowest BCUT2D eigenvalue weighted by Gasteiger charge is -2.20. The van der Waals surface area contributed by atoms with Gasteiger partial charge in [-0.05, 0) is 24.6 Å². The molecular formula is C12H18BrNO3S. The Morgan fingerprint density at radius 1 is 1.44 bits per heavy atom. The van der Waals surface area contributed by atoms with Crippen LogP contribution in [0.1, 0.15) is 5.56 Å². The normalized spacial score (nSPS) is 13.8. The molecule has 0 spiro atoms. The van der Waals surface area contributed by atoms with E-state index in [1.807, 2.05) is 13.0 Å². The summed E-state index contributed by atoms with van der Waals surface area (Å²) in [5.74, 6) is 0. The molecule has 0 amide bonds. The molecule has 0 aromatic heterocycles. The lowest BCUT2D eigenvalue weighted by Crippen LogP contribution is -2.33. The van der Waals surface area contributed by atoms with E-state index in [1.54, 1.807) is 32.4 Å². The zero-order valence-corrected chi connectivity index (χ0v) is 13.2. The van der Waals surface area contributed by atoms with Gasteiger partial charge >= 0.3 is 0 Å². The van der Waals surface area contributed by atoms with Crippen molar-refractivity contribution < 1.29 is 13.2 Å². The largest absolute Gasteiger partial charge is 0.383 e. The second-order valence-corrected chi connectivity index (χ2v) is 7.49. The average Bonchev–Trinajstić information content (AvgIpc) is 2.29. The summed E-state index contributed by atoms with van der Waals surface area (Å²) in [6, 6.07) is 6.90. The highest BCUT2D eigenvalue weighted by atomic mass is 79.9. The van der Waals surface area contributed by atoms with Gasteiger partial charge in [-0.3, -0.25) is 0 Å². The van der Waals surface area contributed by atoms with E-state index in [0.717, 1.165) is 5.56 Å². The van der Waals surface area contributed by atoms with Gasteiger partial charge in [0.1, 0.15) is 0 Å². The van der Waals surface area contributed by atoms with E-state index >= 15 is 0 Å². The third-order valence-electron chi connectivity index (χ3n) is 2.50. The molecule has 6 heteroatoms. The zero-order chi connectivity index (χ0) is 13.8. The summed E-state index contributed by atoms with van der Waals surface area (Å²) in [5.41, 5.74) is 0.928. The van der Waals surface area contributed by atoms with Crippen LogP contribution in [0.5, 0.6) is 0 Å². The van der Waals surface area contributed by atoms with Crippen molar-refractivity contribution in [3.05, 3.63) is 29.8 Å². The molecule has 0 heterocycles. The van der Waals surface area contributed by atoms with Crippen LogP contribution in [0, 0.1) is 6.92 Å². The Bertz CT molecular complexity index is 490. The average molecular weight is 336 g/mol. The summed E-state index contributed by atoms with van der Waals surface area (Å²) in [4.78, 5) is 0.300. The lowest BCUT2D eigenvalue weighted by molar-refractivity contribution is 0.195. The van der Waals surface area contributed by atoms with Gasteiger partial charge in [-0.1, -0.05) is 28.1 Å². The second-order valence-electron chi connectivity index (χ2n) is 4.15. The van der Waals surface area contributed by atoms with E-state index in [9.17, 15) is 8.42 Å². The zero-order valence-electron chi connectivity index (χ0n) is 10.8. The number of methoxy groups -OCH3 is 1. The molecule has 1 unspecified atom stereocenters. The maximum atomic E-state index is 12.3. The van der Waals surface area contributed by atoms with Crippen molar-refractivity contribution in [1.82, 2.24) is 4.31 Å². The van der Waals surface area contributed by atoms with Crippen molar-refractivity contribution in [3.8, 4) is 0 Å². The smallest absolute Gasteiger partial charge is 0.242 e. The highest BCUT2D eigenvalue weighted by Gasteiger charge is 2.22. The summed E-state index contributed by atoms with van der Waals surface area (Å²) < 4.78 is 30.9. The Kier molecular flexibility index (Phi) is 5.78. The molecule has 1 atom stereocenters. The van der Waals surface area contributed by atoms with Gasteiger partial charge in [0.25, 0.3) is 0 Å². The van der Waals surface area contributed by atoms with Gasteiger partial charge in [-0.25, -0.2) is 8.42 Å². The molecule has 102 valence electrons. The van der Waals surface area contributed by atoms with E-state index in [-0.39, 0.29) is 4.83 Å². The topological polar surface area (TPSA) is 46.6 Å². The van der Waals surface area contributed by atoms with Gasteiger partial charge in [-0.15, -0.1) is 0 Å². The van der Waals surface area contributed by atoms with Gasteiger partial charge in [0.2, 0.25) is 10.0 Å². The van der Waals surface area contributed by atoms with Gasteiger partial charge in [0, 0.05) is 20.7 Å². The Hall–Kier alpha value is -0.430.